The molecule has 1 aliphatic rings. The third-order valence-electron chi connectivity index (χ3n) is 5.96. The highest BCUT2D eigenvalue weighted by molar-refractivity contribution is 5.33. The van der Waals surface area contributed by atoms with Gasteiger partial charge in [0.05, 0.1) is 0 Å². The van der Waals surface area contributed by atoms with Crippen molar-refractivity contribution in [3.8, 4) is 11.5 Å². The van der Waals surface area contributed by atoms with E-state index in [1.54, 1.807) is 0 Å². The van der Waals surface area contributed by atoms with Crippen LogP contribution in [0.4, 0.5) is 0 Å². The van der Waals surface area contributed by atoms with Crippen molar-refractivity contribution in [3.05, 3.63) is 24.3 Å². The molecule has 31 heavy (non-hydrogen) atoms. The number of benzene rings is 1. The monoisotopic (exact) mass is 434 g/mol. The van der Waals surface area contributed by atoms with Crippen molar-refractivity contribution in [2.75, 3.05) is 27.2 Å². The second-order valence-electron chi connectivity index (χ2n) is 8.96. The van der Waals surface area contributed by atoms with Crippen LogP contribution in [-0.2, 0) is 4.74 Å². The van der Waals surface area contributed by atoms with E-state index in [0.29, 0.717) is 0 Å². The molecule has 0 radical (unpaired) electrons. The van der Waals surface area contributed by atoms with Crippen molar-refractivity contribution < 1.29 is 14.2 Å². The van der Waals surface area contributed by atoms with Crippen molar-refractivity contribution in [2.45, 2.75) is 104 Å². The lowest BCUT2D eigenvalue weighted by Gasteiger charge is -2.36. The van der Waals surface area contributed by atoms with E-state index in [2.05, 4.69) is 37.7 Å². The average Bonchev–Trinajstić information content (AvgIpc) is 2.76. The van der Waals surface area contributed by atoms with Crippen LogP contribution in [0.1, 0.15) is 90.9 Å². The molecule has 0 aliphatic carbocycles. The first-order chi connectivity index (χ1) is 15.1. The molecule has 2 unspecified atom stereocenters. The van der Waals surface area contributed by atoms with Gasteiger partial charge in [-0.15, -0.1) is 0 Å². The SMILES string of the molecule is CCCCCCCCN(C)C1Oc2cccc(c2)OC(N(C)CCCCCCCC)O1. The van der Waals surface area contributed by atoms with Crippen LogP contribution in [0.2, 0.25) is 0 Å². The number of hydrogen-bond donors (Lipinski definition) is 0. The normalized spacial score (nSPS) is 18.5. The van der Waals surface area contributed by atoms with Gasteiger partial charge >= 0.3 is 0 Å². The Hall–Kier alpha value is -1.30. The Bertz CT molecular complexity index is 538. The molecular formula is C26H46N2O3. The number of rotatable bonds is 16. The largest absolute Gasteiger partial charge is 0.451 e. The van der Waals surface area contributed by atoms with Crippen LogP contribution >= 0.6 is 0 Å². The maximum Gasteiger partial charge on any atom is 0.265 e. The molecule has 1 heterocycles. The summed E-state index contributed by atoms with van der Waals surface area (Å²) in [5, 5.41) is 0. The van der Waals surface area contributed by atoms with Gasteiger partial charge in [0.2, 0.25) is 0 Å². The molecule has 5 nitrogen and oxygen atoms in total. The Labute approximate surface area is 191 Å². The van der Waals surface area contributed by atoms with Crippen molar-refractivity contribution >= 4 is 0 Å². The highest BCUT2D eigenvalue weighted by Crippen LogP contribution is 2.27. The summed E-state index contributed by atoms with van der Waals surface area (Å²) in [4.78, 5) is 4.32. The van der Waals surface area contributed by atoms with Gasteiger partial charge in [0.1, 0.15) is 11.5 Å². The molecule has 1 aliphatic heterocycles. The lowest BCUT2D eigenvalue weighted by Crippen LogP contribution is -2.49. The molecule has 0 amide bonds. The van der Waals surface area contributed by atoms with Gasteiger partial charge in [-0.25, -0.2) is 9.80 Å². The van der Waals surface area contributed by atoms with Crippen molar-refractivity contribution in [2.24, 2.45) is 0 Å². The molecule has 1 aromatic rings. The standard InChI is InChI=1S/C26H46N2O3/c1-5-7-9-11-13-15-20-27(3)25-29-23-18-17-19-24(22-23)30-26(31-25)28(4)21-16-14-12-10-8-6-2/h17-19,22,25-26H,5-16,20-21H2,1-4H3. The van der Waals surface area contributed by atoms with Crippen molar-refractivity contribution in [1.82, 2.24) is 9.80 Å². The van der Waals surface area contributed by atoms with Gasteiger partial charge in [-0.3, -0.25) is 4.74 Å². The highest BCUT2D eigenvalue weighted by Gasteiger charge is 2.28. The molecule has 0 spiro atoms. The Morgan fingerprint density at radius 1 is 0.645 bits per heavy atom. The third-order valence-corrected chi connectivity index (χ3v) is 5.96. The summed E-state index contributed by atoms with van der Waals surface area (Å²) >= 11 is 0. The zero-order valence-corrected chi connectivity index (χ0v) is 20.5. The second kappa shape index (κ2) is 15.5. The van der Waals surface area contributed by atoms with Gasteiger partial charge in [0, 0.05) is 19.2 Å². The van der Waals surface area contributed by atoms with E-state index in [9.17, 15) is 0 Å². The summed E-state index contributed by atoms with van der Waals surface area (Å²) in [7, 11) is 4.15. The molecule has 2 rings (SSSR count). The molecule has 0 N–H and O–H groups in total. The van der Waals surface area contributed by atoms with E-state index < -0.39 is 12.8 Å². The first-order valence-corrected chi connectivity index (χ1v) is 12.6. The first-order valence-electron chi connectivity index (χ1n) is 12.6. The van der Waals surface area contributed by atoms with Crippen LogP contribution in [0, 0.1) is 0 Å². The Morgan fingerprint density at radius 3 is 1.52 bits per heavy atom. The predicted molar refractivity (Wildman–Crippen MR) is 128 cm³/mol. The number of unbranched alkanes of at least 4 members (excludes halogenated alkanes) is 10. The molecule has 0 saturated heterocycles. The number of nitrogens with zero attached hydrogens (tertiary/aromatic N) is 2. The van der Waals surface area contributed by atoms with Crippen LogP contribution < -0.4 is 9.47 Å². The number of ether oxygens (including phenoxy) is 3. The summed E-state index contributed by atoms with van der Waals surface area (Å²) < 4.78 is 18.7. The van der Waals surface area contributed by atoms with E-state index in [0.717, 1.165) is 37.4 Å². The highest BCUT2D eigenvalue weighted by atomic mass is 16.8. The Morgan fingerprint density at radius 2 is 1.06 bits per heavy atom. The van der Waals surface area contributed by atoms with Gasteiger partial charge < -0.3 is 9.47 Å². The van der Waals surface area contributed by atoms with E-state index in [-0.39, 0.29) is 0 Å². The minimum atomic E-state index is -0.455. The fourth-order valence-electron chi connectivity index (χ4n) is 3.89. The zero-order valence-electron chi connectivity index (χ0n) is 20.5. The lowest BCUT2D eigenvalue weighted by atomic mass is 10.1. The molecule has 178 valence electrons. The Kier molecular flexibility index (Phi) is 13.0. The zero-order chi connectivity index (χ0) is 22.3. The summed E-state index contributed by atoms with van der Waals surface area (Å²) in [6, 6.07) is 7.86. The van der Waals surface area contributed by atoms with Crippen LogP contribution in [-0.4, -0.2) is 49.8 Å². The van der Waals surface area contributed by atoms with E-state index in [4.69, 9.17) is 14.2 Å². The maximum absolute atomic E-state index is 6.33. The maximum atomic E-state index is 6.33. The van der Waals surface area contributed by atoms with E-state index >= 15 is 0 Å². The summed E-state index contributed by atoms with van der Waals surface area (Å²) in [6.45, 7) is 6.41. The fraction of sp³-hybridized carbons (Fsp3) is 0.769. The summed E-state index contributed by atoms with van der Waals surface area (Å²) in [5.41, 5.74) is 0. The minimum absolute atomic E-state index is 0.455. The minimum Gasteiger partial charge on any atom is -0.451 e. The van der Waals surface area contributed by atoms with Gasteiger partial charge in [-0.05, 0) is 39.1 Å². The second-order valence-corrected chi connectivity index (χ2v) is 8.96. The van der Waals surface area contributed by atoms with Gasteiger partial charge in [-0.1, -0.05) is 84.1 Å². The van der Waals surface area contributed by atoms with Gasteiger partial charge in [0.25, 0.3) is 12.8 Å². The van der Waals surface area contributed by atoms with Crippen LogP contribution in [0.15, 0.2) is 24.3 Å². The van der Waals surface area contributed by atoms with E-state index in [1.165, 1.54) is 64.2 Å². The molecule has 0 aromatic heterocycles. The first kappa shape index (κ1) is 26.0. The third kappa shape index (κ3) is 10.2. The molecule has 0 saturated carbocycles. The molecular weight excluding hydrogens is 388 g/mol. The molecule has 2 atom stereocenters. The van der Waals surface area contributed by atoms with Crippen LogP contribution in [0.3, 0.4) is 0 Å². The van der Waals surface area contributed by atoms with Crippen molar-refractivity contribution in [1.29, 1.82) is 0 Å². The number of hydrogen-bond acceptors (Lipinski definition) is 5. The van der Waals surface area contributed by atoms with Gasteiger partial charge in [0.15, 0.2) is 0 Å². The summed E-state index contributed by atoms with van der Waals surface area (Å²) in [5.74, 6) is 1.57. The predicted octanol–water partition coefficient (Wildman–Crippen LogP) is 6.63. The van der Waals surface area contributed by atoms with Crippen LogP contribution in [0.5, 0.6) is 11.5 Å². The quantitative estimate of drug-likeness (QED) is 0.273. The topological polar surface area (TPSA) is 34.2 Å². The van der Waals surface area contributed by atoms with E-state index in [1.807, 2.05) is 24.3 Å². The number of fused-ring (bicyclic) bond motifs is 2. The smallest absolute Gasteiger partial charge is 0.265 e. The molecule has 5 heteroatoms. The van der Waals surface area contributed by atoms with Crippen LogP contribution in [0.25, 0.3) is 0 Å². The lowest BCUT2D eigenvalue weighted by molar-refractivity contribution is -0.282. The Balaban J connectivity index is 1.87. The van der Waals surface area contributed by atoms with Crippen molar-refractivity contribution in [3.63, 3.8) is 0 Å². The molecule has 0 fully saturated rings. The summed E-state index contributed by atoms with van der Waals surface area (Å²) in [6.07, 6.45) is 14.4. The average molecular weight is 435 g/mol. The fourth-order valence-corrected chi connectivity index (χ4v) is 3.89. The molecule has 2 bridgehead atoms. The molecule has 1 aromatic carbocycles. The van der Waals surface area contributed by atoms with Gasteiger partial charge in [-0.2, -0.15) is 0 Å².